The normalized spacial score (nSPS) is 12.6. The Morgan fingerprint density at radius 1 is 1.10 bits per heavy atom. The van der Waals surface area contributed by atoms with Crippen molar-refractivity contribution in [1.29, 1.82) is 0 Å². The Labute approximate surface area is 184 Å². The fourth-order valence-corrected chi connectivity index (χ4v) is 4.09. The van der Waals surface area contributed by atoms with Crippen molar-refractivity contribution in [2.75, 3.05) is 23.4 Å². The molecule has 0 aliphatic carbocycles. The molecule has 0 fully saturated rings. The number of amides is 2. The van der Waals surface area contributed by atoms with Crippen molar-refractivity contribution >= 4 is 35.0 Å². The van der Waals surface area contributed by atoms with Gasteiger partial charge < -0.3 is 15.0 Å². The van der Waals surface area contributed by atoms with Crippen LogP contribution < -0.4 is 15.0 Å². The van der Waals surface area contributed by atoms with Crippen LogP contribution in [0.4, 0.5) is 11.4 Å². The summed E-state index contributed by atoms with van der Waals surface area (Å²) in [5.41, 5.74) is 2.42. The molecular weight excluding hydrogens is 412 g/mol. The number of ether oxygens (including phenoxy) is 1. The highest BCUT2D eigenvalue weighted by molar-refractivity contribution is 7.99. The van der Waals surface area contributed by atoms with Gasteiger partial charge in [0.2, 0.25) is 11.8 Å². The van der Waals surface area contributed by atoms with Crippen molar-refractivity contribution in [2.24, 2.45) is 0 Å². The van der Waals surface area contributed by atoms with Gasteiger partial charge in [-0.1, -0.05) is 12.1 Å². The number of hydrogen-bond acceptors (Lipinski definition) is 6. The van der Waals surface area contributed by atoms with Crippen LogP contribution in [0.2, 0.25) is 0 Å². The predicted molar refractivity (Wildman–Crippen MR) is 119 cm³/mol. The number of carbonyl (C=O) groups excluding carboxylic acids is 2. The summed E-state index contributed by atoms with van der Waals surface area (Å²) in [4.78, 5) is 36.2. The molecule has 0 spiro atoms. The Hall–Kier alpha value is -3.39. The molecule has 0 saturated heterocycles. The highest BCUT2D eigenvalue weighted by atomic mass is 32.2. The topological polar surface area (TPSA) is 84.4 Å². The summed E-state index contributed by atoms with van der Waals surface area (Å²) < 4.78 is 5.59. The highest BCUT2D eigenvalue weighted by Crippen LogP contribution is 2.31. The van der Waals surface area contributed by atoms with Gasteiger partial charge in [0.05, 0.1) is 12.2 Å². The molecule has 1 N–H and O–H groups in total. The van der Waals surface area contributed by atoms with E-state index in [4.69, 9.17) is 4.74 Å². The van der Waals surface area contributed by atoms with E-state index in [1.807, 2.05) is 49.4 Å². The standard InChI is InChI=1S/C23H22N4O3S/c1-16-15-17(31-23-24-11-4-12-25-23)7-8-18(16)26-21(28)9-10-22(29)27-13-14-30-20-6-3-2-5-19(20)27/h2-8,11-12,15H,9-10,13-14H2,1H3,(H,26,28). The van der Waals surface area contributed by atoms with Gasteiger partial charge in [-0.3, -0.25) is 9.59 Å². The summed E-state index contributed by atoms with van der Waals surface area (Å²) in [6, 6.07) is 15.0. The number of fused-ring (bicyclic) bond motifs is 1. The summed E-state index contributed by atoms with van der Waals surface area (Å²) >= 11 is 1.46. The van der Waals surface area contributed by atoms with E-state index in [9.17, 15) is 9.59 Å². The van der Waals surface area contributed by atoms with Gasteiger partial charge in [-0.2, -0.15) is 0 Å². The van der Waals surface area contributed by atoms with Crippen LogP contribution in [0.15, 0.2) is 71.0 Å². The monoisotopic (exact) mass is 434 g/mol. The molecule has 7 nitrogen and oxygen atoms in total. The third kappa shape index (κ3) is 5.21. The van der Waals surface area contributed by atoms with E-state index in [0.29, 0.717) is 24.1 Å². The minimum Gasteiger partial charge on any atom is -0.490 e. The average Bonchev–Trinajstić information content (AvgIpc) is 2.79. The lowest BCUT2D eigenvalue weighted by atomic mass is 10.1. The van der Waals surface area contributed by atoms with Gasteiger partial charge in [-0.25, -0.2) is 9.97 Å². The zero-order valence-electron chi connectivity index (χ0n) is 17.1. The number of anilines is 2. The zero-order chi connectivity index (χ0) is 21.6. The molecule has 0 radical (unpaired) electrons. The molecule has 2 aromatic carbocycles. The summed E-state index contributed by atoms with van der Waals surface area (Å²) in [6.07, 6.45) is 3.66. The molecule has 4 rings (SSSR count). The van der Waals surface area contributed by atoms with Crippen molar-refractivity contribution < 1.29 is 14.3 Å². The maximum Gasteiger partial charge on any atom is 0.227 e. The van der Waals surface area contributed by atoms with Gasteiger partial charge in [0.15, 0.2) is 5.16 Å². The molecule has 8 heteroatoms. The summed E-state index contributed by atoms with van der Waals surface area (Å²) in [5, 5.41) is 3.57. The van der Waals surface area contributed by atoms with Gasteiger partial charge in [-0.15, -0.1) is 0 Å². The number of benzene rings is 2. The van der Waals surface area contributed by atoms with E-state index < -0.39 is 0 Å². The smallest absolute Gasteiger partial charge is 0.227 e. The van der Waals surface area contributed by atoms with E-state index in [-0.39, 0.29) is 24.7 Å². The minimum absolute atomic E-state index is 0.0859. The number of carbonyl (C=O) groups is 2. The average molecular weight is 435 g/mol. The Morgan fingerprint density at radius 2 is 1.90 bits per heavy atom. The maximum atomic E-state index is 12.7. The summed E-state index contributed by atoms with van der Waals surface area (Å²) in [5.74, 6) is 0.419. The highest BCUT2D eigenvalue weighted by Gasteiger charge is 2.23. The molecule has 1 aliphatic heterocycles. The van der Waals surface area contributed by atoms with E-state index in [2.05, 4.69) is 15.3 Å². The first kappa shape index (κ1) is 20.9. The van der Waals surface area contributed by atoms with E-state index >= 15 is 0 Å². The van der Waals surface area contributed by atoms with Crippen LogP contribution in [0.5, 0.6) is 5.75 Å². The van der Waals surface area contributed by atoms with Crippen LogP contribution >= 0.6 is 11.8 Å². The van der Waals surface area contributed by atoms with Crippen molar-refractivity contribution in [1.82, 2.24) is 9.97 Å². The number of hydrogen-bond donors (Lipinski definition) is 1. The molecule has 1 aliphatic rings. The first-order valence-electron chi connectivity index (χ1n) is 9.98. The summed E-state index contributed by atoms with van der Waals surface area (Å²) in [6.45, 7) is 2.87. The number of para-hydroxylation sites is 2. The van der Waals surface area contributed by atoms with Crippen LogP contribution in [0.1, 0.15) is 18.4 Å². The molecule has 2 heterocycles. The lowest BCUT2D eigenvalue weighted by Gasteiger charge is -2.29. The first-order valence-corrected chi connectivity index (χ1v) is 10.8. The molecule has 0 unspecified atom stereocenters. The number of nitrogens with zero attached hydrogens (tertiary/aromatic N) is 3. The third-order valence-electron chi connectivity index (χ3n) is 4.82. The van der Waals surface area contributed by atoms with E-state index in [1.54, 1.807) is 23.4 Å². The van der Waals surface area contributed by atoms with Crippen molar-refractivity contribution in [3.63, 3.8) is 0 Å². The zero-order valence-corrected chi connectivity index (χ0v) is 17.9. The van der Waals surface area contributed by atoms with Crippen molar-refractivity contribution in [3.05, 3.63) is 66.5 Å². The Kier molecular flexibility index (Phi) is 6.47. The Bertz CT molecular complexity index is 1090. The Balaban J connectivity index is 1.32. The van der Waals surface area contributed by atoms with E-state index in [0.717, 1.165) is 21.8 Å². The lowest BCUT2D eigenvalue weighted by Crippen LogP contribution is -2.38. The number of nitrogens with one attached hydrogen (secondary N) is 1. The fourth-order valence-electron chi connectivity index (χ4n) is 3.28. The maximum absolute atomic E-state index is 12.7. The second-order valence-corrected chi connectivity index (χ2v) is 8.06. The lowest BCUT2D eigenvalue weighted by molar-refractivity contribution is -0.122. The second kappa shape index (κ2) is 9.61. The molecule has 0 bridgehead atoms. The molecule has 31 heavy (non-hydrogen) atoms. The van der Waals surface area contributed by atoms with Crippen LogP contribution in [0.25, 0.3) is 0 Å². The quantitative estimate of drug-likeness (QED) is 0.589. The SMILES string of the molecule is Cc1cc(Sc2ncccn2)ccc1NC(=O)CCC(=O)N1CCOc2ccccc21. The second-order valence-electron chi connectivity index (χ2n) is 7.02. The molecule has 3 aromatic rings. The largest absolute Gasteiger partial charge is 0.490 e. The van der Waals surface area contributed by atoms with Crippen molar-refractivity contribution in [3.8, 4) is 5.75 Å². The molecule has 0 atom stereocenters. The predicted octanol–water partition coefficient (Wildman–Crippen LogP) is 4.08. The van der Waals surface area contributed by atoms with Crippen LogP contribution in [0, 0.1) is 6.92 Å². The number of aromatic nitrogens is 2. The fraction of sp³-hybridized carbons (Fsp3) is 0.217. The van der Waals surface area contributed by atoms with Gasteiger partial charge in [0.1, 0.15) is 12.4 Å². The van der Waals surface area contributed by atoms with E-state index in [1.165, 1.54) is 11.8 Å². The molecule has 158 valence electrons. The minimum atomic E-state index is -0.190. The molecule has 1 aromatic heterocycles. The Morgan fingerprint density at radius 3 is 2.71 bits per heavy atom. The van der Waals surface area contributed by atoms with Gasteiger partial charge in [-0.05, 0) is 60.6 Å². The number of aryl methyl sites for hydroxylation is 1. The summed E-state index contributed by atoms with van der Waals surface area (Å²) in [7, 11) is 0. The number of rotatable bonds is 6. The molecular formula is C23H22N4O3S. The third-order valence-corrected chi connectivity index (χ3v) is 5.70. The van der Waals surface area contributed by atoms with Crippen molar-refractivity contribution in [2.45, 2.75) is 29.8 Å². The molecule has 0 saturated carbocycles. The van der Waals surface area contributed by atoms with Crippen LogP contribution in [-0.2, 0) is 9.59 Å². The van der Waals surface area contributed by atoms with Gasteiger partial charge in [0.25, 0.3) is 0 Å². The molecule has 2 amide bonds. The van der Waals surface area contributed by atoms with Crippen LogP contribution in [0.3, 0.4) is 0 Å². The van der Waals surface area contributed by atoms with Crippen LogP contribution in [-0.4, -0.2) is 34.9 Å². The van der Waals surface area contributed by atoms with Gasteiger partial charge >= 0.3 is 0 Å². The first-order chi connectivity index (χ1) is 15.1. The van der Waals surface area contributed by atoms with Gasteiger partial charge in [0, 0.05) is 35.8 Å².